The number of hydrogen-bond acceptors (Lipinski definition) is 5. The first-order valence-corrected chi connectivity index (χ1v) is 10.0. The molecule has 0 saturated heterocycles. The highest BCUT2D eigenvalue weighted by molar-refractivity contribution is 7.91. The van der Waals surface area contributed by atoms with E-state index in [0.29, 0.717) is 32.3 Å². The molecule has 0 spiro atoms. The van der Waals surface area contributed by atoms with Crippen LogP contribution in [0.5, 0.6) is 0 Å². The Hall–Kier alpha value is -0.180. The van der Waals surface area contributed by atoms with E-state index >= 15 is 0 Å². The van der Waals surface area contributed by atoms with Crippen LogP contribution in [0.1, 0.15) is 38.5 Å². The molecule has 0 unspecified atom stereocenters. The van der Waals surface area contributed by atoms with Crippen molar-refractivity contribution in [1.29, 1.82) is 0 Å². The van der Waals surface area contributed by atoms with Gasteiger partial charge in [0.25, 0.3) is 10.1 Å². The van der Waals surface area contributed by atoms with Gasteiger partial charge in [0.1, 0.15) is 9.84 Å². The van der Waals surface area contributed by atoms with Crippen molar-refractivity contribution in [2.75, 3.05) is 18.6 Å². The minimum absolute atomic E-state index is 0.0729. The van der Waals surface area contributed by atoms with Crippen molar-refractivity contribution in [3.05, 3.63) is 0 Å². The lowest BCUT2D eigenvalue weighted by atomic mass is 9.97. The van der Waals surface area contributed by atoms with E-state index in [9.17, 15) is 16.8 Å². The fraction of sp³-hybridized carbons (Fsp3) is 1.00. The monoisotopic (exact) mass is 314 g/mol. The first kappa shape index (κ1) is 16.9. The highest BCUT2D eigenvalue weighted by Gasteiger charge is 2.27. The van der Waals surface area contributed by atoms with Crippen molar-refractivity contribution >= 4 is 20.0 Å². The molecular formula is C11H22O6S2. The Morgan fingerprint density at radius 1 is 1.05 bits per heavy atom. The van der Waals surface area contributed by atoms with Crippen molar-refractivity contribution in [1.82, 2.24) is 0 Å². The molecule has 0 amide bonds. The second-order valence-corrected chi connectivity index (χ2v) is 8.99. The summed E-state index contributed by atoms with van der Waals surface area (Å²) in [5, 5.41) is -0.244. The highest BCUT2D eigenvalue weighted by atomic mass is 32.2. The van der Waals surface area contributed by atoms with E-state index in [1.54, 1.807) is 0 Å². The molecule has 0 aliphatic heterocycles. The topological polar surface area (TPSA) is 97.7 Å². The average molecular weight is 314 g/mol. The zero-order valence-corrected chi connectivity index (χ0v) is 12.7. The molecule has 1 aliphatic carbocycles. The lowest BCUT2D eigenvalue weighted by molar-refractivity contribution is 0.0276. The molecule has 1 aliphatic rings. The minimum Gasteiger partial charge on any atom is -0.378 e. The SMILES string of the molecule is CS(=O)(=O)C1CCC(OCCCCS(=O)(=O)O)CC1. The molecule has 8 heteroatoms. The van der Waals surface area contributed by atoms with Gasteiger partial charge in [-0.05, 0) is 38.5 Å². The Bertz CT molecular complexity index is 459. The molecule has 6 nitrogen and oxygen atoms in total. The van der Waals surface area contributed by atoms with Crippen LogP contribution in [0.4, 0.5) is 0 Å². The van der Waals surface area contributed by atoms with E-state index in [1.807, 2.05) is 0 Å². The van der Waals surface area contributed by atoms with E-state index in [1.165, 1.54) is 6.26 Å². The van der Waals surface area contributed by atoms with Crippen molar-refractivity contribution in [3.63, 3.8) is 0 Å². The lowest BCUT2D eigenvalue weighted by Gasteiger charge is -2.27. The number of rotatable bonds is 7. The number of unbranched alkanes of at least 4 members (excludes halogenated alkanes) is 1. The fourth-order valence-corrected chi connectivity index (χ4v) is 3.96. The zero-order chi connectivity index (χ0) is 14.5. The summed E-state index contributed by atoms with van der Waals surface area (Å²) in [6, 6.07) is 0. The molecule has 1 N–H and O–H groups in total. The predicted molar refractivity (Wildman–Crippen MR) is 72.5 cm³/mol. The van der Waals surface area contributed by atoms with Gasteiger partial charge in [-0.1, -0.05) is 0 Å². The van der Waals surface area contributed by atoms with Gasteiger partial charge >= 0.3 is 0 Å². The molecular weight excluding hydrogens is 292 g/mol. The van der Waals surface area contributed by atoms with Gasteiger partial charge in [-0.25, -0.2) is 8.42 Å². The average Bonchev–Trinajstić information content (AvgIpc) is 2.26. The summed E-state index contributed by atoms with van der Waals surface area (Å²) in [4.78, 5) is 0. The largest absolute Gasteiger partial charge is 0.378 e. The molecule has 0 aromatic heterocycles. The third kappa shape index (κ3) is 7.24. The van der Waals surface area contributed by atoms with E-state index in [4.69, 9.17) is 9.29 Å². The van der Waals surface area contributed by atoms with Crippen LogP contribution in [0, 0.1) is 0 Å². The summed E-state index contributed by atoms with van der Waals surface area (Å²) in [5.41, 5.74) is 0. The van der Waals surface area contributed by atoms with Gasteiger partial charge in [-0.15, -0.1) is 0 Å². The maximum Gasteiger partial charge on any atom is 0.264 e. The van der Waals surface area contributed by atoms with Crippen LogP contribution in [0.3, 0.4) is 0 Å². The van der Waals surface area contributed by atoms with Crippen LogP contribution in [0.25, 0.3) is 0 Å². The van der Waals surface area contributed by atoms with Gasteiger partial charge in [0.2, 0.25) is 0 Å². The van der Waals surface area contributed by atoms with Gasteiger partial charge in [-0.3, -0.25) is 4.55 Å². The van der Waals surface area contributed by atoms with Crippen LogP contribution in [-0.4, -0.2) is 51.4 Å². The Morgan fingerprint density at radius 3 is 2.11 bits per heavy atom. The molecule has 0 atom stereocenters. The summed E-state index contributed by atoms with van der Waals surface area (Å²) in [6.45, 7) is 0.448. The van der Waals surface area contributed by atoms with Crippen molar-refractivity contribution in [2.45, 2.75) is 49.9 Å². The van der Waals surface area contributed by atoms with Gasteiger partial charge in [0, 0.05) is 12.9 Å². The summed E-state index contributed by atoms with van der Waals surface area (Å²) in [6.07, 6.45) is 5.02. The quantitative estimate of drug-likeness (QED) is 0.556. The number of ether oxygens (including phenoxy) is 1. The van der Waals surface area contributed by atoms with Crippen molar-refractivity contribution < 1.29 is 26.1 Å². The van der Waals surface area contributed by atoms with Gasteiger partial charge in [0.05, 0.1) is 17.1 Å². The van der Waals surface area contributed by atoms with E-state index in [0.717, 1.165) is 12.8 Å². The molecule has 1 saturated carbocycles. The Labute approximate surface area is 115 Å². The minimum atomic E-state index is -3.88. The van der Waals surface area contributed by atoms with Gasteiger partial charge < -0.3 is 4.74 Å². The smallest absolute Gasteiger partial charge is 0.264 e. The second-order valence-electron chi connectivity index (χ2n) is 5.09. The number of hydrogen-bond donors (Lipinski definition) is 1. The summed E-state index contributed by atoms with van der Waals surface area (Å²) < 4.78 is 57.8. The standard InChI is InChI=1S/C11H22O6S2/c1-18(12,13)11-6-4-10(5-7-11)17-8-2-3-9-19(14,15)16/h10-11H,2-9H2,1H3,(H,14,15,16). The van der Waals surface area contributed by atoms with Crippen molar-refractivity contribution in [2.24, 2.45) is 0 Å². The molecule has 0 radical (unpaired) electrons. The number of sulfone groups is 1. The van der Waals surface area contributed by atoms with E-state index in [-0.39, 0.29) is 17.1 Å². The molecule has 0 aromatic rings. The Morgan fingerprint density at radius 2 is 1.63 bits per heavy atom. The Balaban J connectivity index is 2.14. The van der Waals surface area contributed by atoms with Crippen LogP contribution < -0.4 is 0 Å². The molecule has 0 heterocycles. The van der Waals surface area contributed by atoms with Crippen LogP contribution in [0.2, 0.25) is 0 Å². The molecule has 1 fully saturated rings. The summed E-state index contributed by atoms with van der Waals surface area (Å²) in [5.74, 6) is -0.239. The van der Waals surface area contributed by atoms with E-state index < -0.39 is 20.0 Å². The summed E-state index contributed by atoms with van der Waals surface area (Å²) >= 11 is 0. The first-order valence-electron chi connectivity index (χ1n) is 6.44. The lowest BCUT2D eigenvalue weighted by Crippen LogP contribution is -2.30. The highest BCUT2D eigenvalue weighted by Crippen LogP contribution is 2.25. The molecule has 19 heavy (non-hydrogen) atoms. The van der Waals surface area contributed by atoms with Gasteiger partial charge in [-0.2, -0.15) is 8.42 Å². The Kier molecular flexibility index (Phi) is 6.22. The first-order chi connectivity index (χ1) is 8.68. The summed E-state index contributed by atoms with van der Waals surface area (Å²) in [7, 11) is -6.82. The maximum absolute atomic E-state index is 11.4. The molecule has 0 aromatic carbocycles. The second kappa shape index (κ2) is 7.01. The fourth-order valence-electron chi connectivity index (χ4n) is 2.26. The maximum atomic E-state index is 11.4. The third-order valence-electron chi connectivity index (χ3n) is 3.38. The zero-order valence-electron chi connectivity index (χ0n) is 11.1. The third-order valence-corrected chi connectivity index (χ3v) is 5.86. The van der Waals surface area contributed by atoms with Crippen LogP contribution in [0.15, 0.2) is 0 Å². The van der Waals surface area contributed by atoms with Crippen LogP contribution in [-0.2, 0) is 24.7 Å². The normalized spacial score (nSPS) is 25.4. The van der Waals surface area contributed by atoms with Gasteiger partial charge in [0.15, 0.2) is 0 Å². The van der Waals surface area contributed by atoms with E-state index in [2.05, 4.69) is 0 Å². The predicted octanol–water partition coefficient (Wildman–Crippen LogP) is 1.03. The molecule has 114 valence electrons. The molecule has 0 bridgehead atoms. The molecule has 1 rings (SSSR count). The van der Waals surface area contributed by atoms with Crippen molar-refractivity contribution in [3.8, 4) is 0 Å². The van der Waals surface area contributed by atoms with Crippen LogP contribution >= 0.6 is 0 Å².